The summed E-state index contributed by atoms with van der Waals surface area (Å²) in [6, 6.07) is 12.4. The Balaban J connectivity index is 1.35. The number of fused-ring (bicyclic) bond motifs is 1. The molecule has 2 aliphatic rings. The van der Waals surface area contributed by atoms with Gasteiger partial charge in [0.1, 0.15) is 5.69 Å². The normalized spacial score (nSPS) is 25.6. The molecule has 8 heteroatoms. The maximum absolute atomic E-state index is 12.9. The zero-order chi connectivity index (χ0) is 21.4. The molecule has 1 saturated heterocycles. The van der Waals surface area contributed by atoms with E-state index in [0.717, 1.165) is 32.5 Å². The van der Waals surface area contributed by atoms with Gasteiger partial charge in [0.05, 0.1) is 5.41 Å². The summed E-state index contributed by atoms with van der Waals surface area (Å²) < 4.78 is 7.42. The molecule has 31 heavy (non-hydrogen) atoms. The van der Waals surface area contributed by atoms with Crippen molar-refractivity contribution in [3.8, 4) is 0 Å². The largest absolute Gasteiger partial charge is 0.348 e. The van der Waals surface area contributed by atoms with Crippen LogP contribution in [-0.2, 0) is 18.5 Å². The molecule has 1 aliphatic heterocycles. The van der Waals surface area contributed by atoms with Crippen LogP contribution in [0.25, 0.3) is 0 Å². The van der Waals surface area contributed by atoms with Crippen LogP contribution >= 0.6 is 0 Å². The number of aromatic nitrogens is 4. The van der Waals surface area contributed by atoms with Gasteiger partial charge >= 0.3 is 0 Å². The van der Waals surface area contributed by atoms with Crippen molar-refractivity contribution in [2.45, 2.75) is 51.2 Å². The molecule has 0 spiro atoms. The monoisotopic (exact) mass is 420 g/mol. The molecule has 1 saturated carbocycles. The smallest absolute Gasteiger partial charge is 0.269 e. The van der Waals surface area contributed by atoms with Crippen molar-refractivity contribution in [2.75, 3.05) is 13.1 Å². The van der Waals surface area contributed by atoms with Crippen LogP contribution in [0, 0.1) is 12.8 Å². The number of nitrogens with one attached hydrogen (secondary N) is 1. The molecular weight excluding hydrogens is 392 g/mol. The lowest BCUT2D eigenvalue weighted by Crippen LogP contribution is -2.38. The fraction of sp³-hybridized carbons (Fsp3) is 0.478. The van der Waals surface area contributed by atoms with Crippen LogP contribution < -0.4 is 5.32 Å². The van der Waals surface area contributed by atoms with E-state index in [4.69, 9.17) is 4.52 Å². The van der Waals surface area contributed by atoms with Crippen LogP contribution in [0.15, 0.2) is 47.1 Å². The fourth-order valence-electron chi connectivity index (χ4n) is 5.41. The number of rotatable bonds is 6. The molecule has 162 valence electrons. The van der Waals surface area contributed by atoms with Crippen LogP contribution in [0.2, 0.25) is 0 Å². The molecular formula is C23H28N6O2. The third-order valence-electron chi connectivity index (χ3n) is 6.73. The second-order valence-electron chi connectivity index (χ2n) is 8.80. The number of aryl methyl sites for hydroxylation is 2. The van der Waals surface area contributed by atoms with Gasteiger partial charge in [0.15, 0.2) is 5.82 Å². The molecule has 3 atom stereocenters. The average molecular weight is 421 g/mol. The minimum atomic E-state index is -0.223. The molecule has 2 fully saturated rings. The molecule has 1 N–H and O–H groups in total. The zero-order valence-corrected chi connectivity index (χ0v) is 18.0. The van der Waals surface area contributed by atoms with E-state index in [0.29, 0.717) is 29.9 Å². The van der Waals surface area contributed by atoms with Gasteiger partial charge in [-0.15, -0.1) is 0 Å². The number of hydrogen-bond acceptors (Lipinski definition) is 6. The molecule has 0 radical (unpaired) electrons. The second kappa shape index (κ2) is 7.92. The third kappa shape index (κ3) is 3.65. The van der Waals surface area contributed by atoms with Gasteiger partial charge in [-0.3, -0.25) is 14.4 Å². The highest BCUT2D eigenvalue weighted by Crippen LogP contribution is 2.50. The van der Waals surface area contributed by atoms with E-state index in [1.807, 2.05) is 19.9 Å². The summed E-state index contributed by atoms with van der Waals surface area (Å²) in [6.45, 7) is 7.22. The zero-order valence-electron chi connectivity index (χ0n) is 18.0. The lowest BCUT2D eigenvalue weighted by atomic mass is 9.80. The van der Waals surface area contributed by atoms with E-state index < -0.39 is 0 Å². The van der Waals surface area contributed by atoms with Crippen molar-refractivity contribution in [3.05, 3.63) is 65.6 Å². The van der Waals surface area contributed by atoms with Crippen LogP contribution in [0.3, 0.4) is 0 Å². The second-order valence-corrected chi connectivity index (χ2v) is 8.80. The Morgan fingerprint density at radius 2 is 2.13 bits per heavy atom. The first kappa shape index (κ1) is 19.9. The molecule has 0 unspecified atom stereocenters. The standard InChI is InChI=1S/C23H28N6O2/c1-3-29-20(9-10-24-29)21(30)26-19-11-18-14-28(13-17-7-5-4-6-8-17)15-23(18,12-19)22-25-16(2)27-31-22/h4-10,18-19H,3,11-15H2,1-2H3,(H,26,30)/t18-,19+,23-/m0/s1. The Morgan fingerprint density at radius 3 is 2.87 bits per heavy atom. The summed E-state index contributed by atoms with van der Waals surface area (Å²) in [5.74, 6) is 1.66. The topological polar surface area (TPSA) is 89.1 Å². The summed E-state index contributed by atoms with van der Waals surface area (Å²) in [5, 5.41) is 11.5. The van der Waals surface area contributed by atoms with E-state index in [-0.39, 0.29) is 17.4 Å². The van der Waals surface area contributed by atoms with Gasteiger partial charge < -0.3 is 9.84 Å². The maximum Gasteiger partial charge on any atom is 0.269 e. The van der Waals surface area contributed by atoms with Crippen molar-refractivity contribution >= 4 is 5.91 Å². The average Bonchev–Trinajstić information content (AvgIpc) is 3.51. The molecule has 8 nitrogen and oxygen atoms in total. The van der Waals surface area contributed by atoms with E-state index >= 15 is 0 Å². The Labute approximate surface area is 181 Å². The SMILES string of the molecule is CCn1nccc1C(=O)N[C@@H]1C[C@H]2CN(Cc3ccccc3)C[C@@]2(c2nc(C)no2)C1. The molecule has 0 bridgehead atoms. The lowest BCUT2D eigenvalue weighted by molar-refractivity contribution is 0.0923. The molecule has 3 heterocycles. The lowest BCUT2D eigenvalue weighted by Gasteiger charge is -2.25. The summed E-state index contributed by atoms with van der Waals surface area (Å²) >= 11 is 0. The van der Waals surface area contributed by atoms with Gasteiger partial charge in [0.2, 0.25) is 5.89 Å². The van der Waals surface area contributed by atoms with Crippen molar-refractivity contribution in [1.29, 1.82) is 0 Å². The highest BCUT2D eigenvalue weighted by Gasteiger charge is 2.57. The van der Waals surface area contributed by atoms with Crippen LogP contribution in [0.5, 0.6) is 0 Å². The first-order chi connectivity index (χ1) is 15.1. The number of hydrogen-bond donors (Lipinski definition) is 1. The third-order valence-corrected chi connectivity index (χ3v) is 6.73. The van der Waals surface area contributed by atoms with Crippen molar-refractivity contribution in [2.24, 2.45) is 5.92 Å². The molecule has 1 aliphatic carbocycles. The quantitative estimate of drug-likeness (QED) is 0.659. The minimum absolute atomic E-state index is 0.0673. The highest BCUT2D eigenvalue weighted by atomic mass is 16.5. The number of likely N-dealkylation sites (tertiary alicyclic amines) is 1. The molecule has 1 amide bonds. The van der Waals surface area contributed by atoms with Gasteiger partial charge in [-0.2, -0.15) is 10.1 Å². The predicted octanol–water partition coefficient (Wildman–Crippen LogP) is 2.56. The maximum atomic E-state index is 12.9. The summed E-state index contributed by atoms with van der Waals surface area (Å²) in [7, 11) is 0. The van der Waals surface area contributed by atoms with E-state index in [1.165, 1.54) is 5.56 Å². The molecule has 3 aromatic rings. The Kier molecular flexibility index (Phi) is 5.09. The van der Waals surface area contributed by atoms with Gasteiger partial charge in [-0.25, -0.2) is 0 Å². The van der Waals surface area contributed by atoms with E-state index in [1.54, 1.807) is 16.9 Å². The molecule has 2 aromatic heterocycles. The Bertz CT molecular complexity index is 1060. The molecule has 5 rings (SSSR count). The predicted molar refractivity (Wildman–Crippen MR) is 114 cm³/mol. The number of amides is 1. The van der Waals surface area contributed by atoms with Gasteiger partial charge in [0, 0.05) is 38.4 Å². The first-order valence-corrected chi connectivity index (χ1v) is 11.0. The van der Waals surface area contributed by atoms with Crippen LogP contribution in [-0.4, -0.2) is 49.9 Å². The van der Waals surface area contributed by atoms with E-state index in [2.05, 4.69) is 49.7 Å². The first-order valence-electron chi connectivity index (χ1n) is 11.0. The number of nitrogens with zero attached hydrogens (tertiary/aromatic N) is 5. The Hall–Kier alpha value is -3.00. The van der Waals surface area contributed by atoms with Crippen molar-refractivity contribution < 1.29 is 9.32 Å². The van der Waals surface area contributed by atoms with Gasteiger partial charge in [-0.05, 0) is 44.2 Å². The van der Waals surface area contributed by atoms with Crippen LogP contribution in [0.4, 0.5) is 0 Å². The van der Waals surface area contributed by atoms with Gasteiger partial charge in [0.25, 0.3) is 5.91 Å². The van der Waals surface area contributed by atoms with Crippen LogP contribution in [0.1, 0.15) is 47.5 Å². The van der Waals surface area contributed by atoms with Crippen molar-refractivity contribution in [3.63, 3.8) is 0 Å². The number of benzene rings is 1. The fourth-order valence-corrected chi connectivity index (χ4v) is 5.41. The Morgan fingerprint density at radius 1 is 1.29 bits per heavy atom. The summed E-state index contributed by atoms with van der Waals surface area (Å²) in [5.41, 5.74) is 1.68. The summed E-state index contributed by atoms with van der Waals surface area (Å²) in [4.78, 5) is 20.0. The highest BCUT2D eigenvalue weighted by molar-refractivity contribution is 5.92. The molecule has 1 aromatic carbocycles. The number of carbonyl (C=O) groups excluding carboxylic acids is 1. The van der Waals surface area contributed by atoms with Gasteiger partial charge in [-0.1, -0.05) is 35.5 Å². The number of carbonyl (C=O) groups is 1. The summed E-state index contributed by atoms with van der Waals surface area (Å²) in [6.07, 6.45) is 3.38. The minimum Gasteiger partial charge on any atom is -0.348 e. The van der Waals surface area contributed by atoms with E-state index in [9.17, 15) is 4.79 Å². The van der Waals surface area contributed by atoms with Crippen molar-refractivity contribution in [1.82, 2.24) is 30.1 Å².